The minimum absolute atomic E-state index is 0.270. The third-order valence-electron chi connectivity index (χ3n) is 2.95. The first kappa shape index (κ1) is 14.0. The highest BCUT2D eigenvalue weighted by Crippen LogP contribution is 2.24. The summed E-state index contributed by atoms with van der Waals surface area (Å²) in [5, 5.41) is 6.24. The zero-order chi connectivity index (χ0) is 13.9. The molecule has 1 heterocycles. The van der Waals surface area contributed by atoms with Crippen LogP contribution in [0.3, 0.4) is 0 Å². The standard InChI is InChI=1S/C14H17FN2OS/c1-14(2,13-16-7-8-19-13)17-9-10-5-4-6-11(18-3)12(10)15/h4-8,17H,9H2,1-3H3. The molecule has 0 aliphatic rings. The van der Waals surface area contributed by atoms with E-state index in [0.717, 1.165) is 5.01 Å². The molecule has 0 amide bonds. The second-order valence-electron chi connectivity index (χ2n) is 4.75. The molecule has 2 rings (SSSR count). The largest absolute Gasteiger partial charge is 0.494 e. The first-order valence-electron chi connectivity index (χ1n) is 6.01. The molecule has 0 aliphatic carbocycles. The summed E-state index contributed by atoms with van der Waals surface area (Å²) in [5.74, 6) is -0.0428. The normalized spacial score (nSPS) is 11.6. The van der Waals surface area contributed by atoms with Crippen molar-refractivity contribution in [2.75, 3.05) is 7.11 Å². The van der Waals surface area contributed by atoms with E-state index in [0.29, 0.717) is 12.1 Å². The molecule has 102 valence electrons. The molecule has 0 spiro atoms. The number of nitrogens with one attached hydrogen (secondary N) is 1. The van der Waals surface area contributed by atoms with Crippen molar-refractivity contribution in [1.29, 1.82) is 0 Å². The van der Waals surface area contributed by atoms with Gasteiger partial charge in [-0.1, -0.05) is 12.1 Å². The highest BCUT2D eigenvalue weighted by molar-refractivity contribution is 7.09. The Morgan fingerprint density at radius 2 is 2.21 bits per heavy atom. The van der Waals surface area contributed by atoms with Crippen molar-refractivity contribution >= 4 is 11.3 Å². The summed E-state index contributed by atoms with van der Waals surface area (Å²) in [6.45, 7) is 4.49. The SMILES string of the molecule is COc1cccc(CNC(C)(C)c2nccs2)c1F. The summed E-state index contributed by atoms with van der Waals surface area (Å²) in [4.78, 5) is 4.29. The molecule has 1 N–H and O–H groups in total. The van der Waals surface area contributed by atoms with Gasteiger partial charge >= 0.3 is 0 Å². The van der Waals surface area contributed by atoms with Crippen LogP contribution < -0.4 is 10.1 Å². The third kappa shape index (κ3) is 3.11. The van der Waals surface area contributed by atoms with Gasteiger partial charge in [0.05, 0.1) is 12.6 Å². The van der Waals surface area contributed by atoms with Gasteiger partial charge in [0.1, 0.15) is 5.01 Å². The van der Waals surface area contributed by atoms with Gasteiger partial charge in [-0.2, -0.15) is 0 Å². The molecule has 5 heteroatoms. The molecular formula is C14H17FN2OS. The van der Waals surface area contributed by atoms with Gasteiger partial charge in [-0.3, -0.25) is 0 Å². The summed E-state index contributed by atoms with van der Waals surface area (Å²) in [6.07, 6.45) is 1.77. The van der Waals surface area contributed by atoms with Crippen LogP contribution in [0.1, 0.15) is 24.4 Å². The number of hydrogen-bond acceptors (Lipinski definition) is 4. The Morgan fingerprint density at radius 3 is 2.84 bits per heavy atom. The number of ether oxygens (including phenoxy) is 1. The number of benzene rings is 1. The summed E-state index contributed by atoms with van der Waals surface area (Å²) < 4.78 is 19.0. The monoisotopic (exact) mass is 280 g/mol. The number of methoxy groups -OCH3 is 1. The number of aromatic nitrogens is 1. The molecular weight excluding hydrogens is 263 g/mol. The van der Waals surface area contributed by atoms with Crippen molar-refractivity contribution < 1.29 is 9.13 Å². The summed E-state index contributed by atoms with van der Waals surface area (Å²) in [7, 11) is 1.47. The van der Waals surface area contributed by atoms with E-state index in [-0.39, 0.29) is 17.1 Å². The Kier molecular flexibility index (Phi) is 4.17. The second-order valence-corrected chi connectivity index (χ2v) is 5.64. The number of nitrogens with zero attached hydrogens (tertiary/aromatic N) is 1. The van der Waals surface area contributed by atoms with Gasteiger partial charge in [-0.05, 0) is 19.9 Å². The lowest BCUT2D eigenvalue weighted by atomic mass is 10.1. The zero-order valence-electron chi connectivity index (χ0n) is 11.2. The second kappa shape index (κ2) is 5.67. The summed E-state index contributed by atoms with van der Waals surface area (Å²) >= 11 is 1.58. The van der Waals surface area contributed by atoms with Gasteiger partial charge in [0, 0.05) is 23.7 Å². The maximum atomic E-state index is 14.0. The average Bonchev–Trinajstić information content (AvgIpc) is 2.92. The Hall–Kier alpha value is -1.46. The lowest BCUT2D eigenvalue weighted by molar-refractivity contribution is 0.372. The molecule has 0 unspecified atom stereocenters. The average molecular weight is 280 g/mol. The number of rotatable bonds is 5. The van der Waals surface area contributed by atoms with Crippen LogP contribution in [0, 0.1) is 5.82 Å². The van der Waals surface area contributed by atoms with Crippen LogP contribution in [0.2, 0.25) is 0 Å². The van der Waals surface area contributed by atoms with Crippen molar-refractivity contribution in [3.05, 3.63) is 46.2 Å². The molecule has 19 heavy (non-hydrogen) atoms. The van der Waals surface area contributed by atoms with E-state index in [1.165, 1.54) is 7.11 Å². The molecule has 0 saturated carbocycles. The van der Waals surface area contributed by atoms with Crippen LogP contribution in [0.25, 0.3) is 0 Å². The van der Waals surface area contributed by atoms with E-state index in [9.17, 15) is 4.39 Å². The van der Waals surface area contributed by atoms with E-state index < -0.39 is 0 Å². The molecule has 2 aromatic rings. The van der Waals surface area contributed by atoms with Crippen LogP contribution in [-0.4, -0.2) is 12.1 Å². The fraction of sp³-hybridized carbons (Fsp3) is 0.357. The minimum atomic E-state index is -0.313. The van der Waals surface area contributed by atoms with Gasteiger partial charge in [0.25, 0.3) is 0 Å². The quantitative estimate of drug-likeness (QED) is 0.912. The Bertz CT molecular complexity index is 540. The Labute approximate surface area is 116 Å². The van der Waals surface area contributed by atoms with Crippen LogP contribution in [0.4, 0.5) is 4.39 Å². The van der Waals surface area contributed by atoms with Crippen LogP contribution in [-0.2, 0) is 12.1 Å². The first-order valence-corrected chi connectivity index (χ1v) is 6.89. The topological polar surface area (TPSA) is 34.1 Å². The number of halogens is 1. The van der Waals surface area contributed by atoms with E-state index >= 15 is 0 Å². The fourth-order valence-corrected chi connectivity index (χ4v) is 2.51. The molecule has 0 radical (unpaired) electrons. The van der Waals surface area contributed by atoms with Crippen molar-refractivity contribution in [2.45, 2.75) is 25.9 Å². The van der Waals surface area contributed by atoms with Gasteiger partial charge in [0.2, 0.25) is 0 Å². The first-order chi connectivity index (χ1) is 9.04. The molecule has 3 nitrogen and oxygen atoms in total. The van der Waals surface area contributed by atoms with Crippen LogP contribution >= 0.6 is 11.3 Å². The van der Waals surface area contributed by atoms with E-state index in [2.05, 4.69) is 10.3 Å². The van der Waals surface area contributed by atoms with E-state index in [4.69, 9.17) is 4.74 Å². The minimum Gasteiger partial charge on any atom is -0.494 e. The van der Waals surface area contributed by atoms with E-state index in [1.54, 1.807) is 35.7 Å². The molecule has 0 saturated heterocycles. The molecule has 0 atom stereocenters. The van der Waals surface area contributed by atoms with Crippen molar-refractivity contribution in [2.24, 2.45) is 0 Å². The maximum Gasteiger partial charge on any atom is 0.169 e. The number of thiazole rings is 1. The molecule has 1 aromatic carbocycles. The third-order valence-corrected chi connectivity index (χ3v) is 4.05. The van der Waals surface area contributed by atoms with Crippen LogP contribution in [0.15, 0.2) is 29.8 Å². The molecule has 0 aliphatic heterocycles. The predicted octanol–water partition coefficient (Wildman–Crippen LogP) is 3.32. The fourth-order valence-electron chi connectivity index (χ4n) is 1.77. The molecule has 1 aromatic heterocycles. The van der Waals surface area contributed by atoms with Crippen molar-refractivity contribution in [3.8, 4) is 5.75 Å². The van der Waals surface area contributed by atoms with E-state index in [1.807, 2.05) is 19.2 Å². The smallest absolute Gasteiger partial charge is 0.169 e. The Morgan fingerprint density at radius 1 is 1.42 bits per heavy atom. The highest BCUT2D eigenvalue weighted by atomic mass is 32.1. The summed E-state index contributed by atoms with van der Waals surface area (Å²) in [5.41, 5.74) is 0.299. The van der Waals surface area contributed by atoms with Gasteiger partial charge in [-0.15, -0.1) is 11.3 Å². The molecule has 0 fully saturated rings. The maximum absolute atomic E-state index is 14.0. The zero-order valence-corrected chi connectivity index (χ0v) is 12.1. The van der Waals surface area contributed by atoms with Gasteiger partial charge in [-0.25, -0.2) is 9.37 Å². The molecule has 0 bridgehead atoms. The van der Waals surface area contributed by atoms with Crippen molar-refractivity contribution in [1.82, 2.24) is 10.3 Å². The Balaban J connectivity index is 2.11. The number of hydrogen-bond donors (Lipinski definition) is 1. The van der Waals surface area contributed by atoms with Gasteiger partial charge < -0.3 is 10.1 Å². The predicted molar refractivity (Wildman–Crippen MR) is 74.9 cm³/mol. The lowest BCUT2D eigenvalue weighted by Crippen LogP contribution is -2.36. The van der Waals surface area contributed by atoms with Crippen LogP contribution in [0.5, 0.6) is 5.75 Å². The van der Waals surface area contributed by atoms with Crippen molar-refractivity contribution in [3.63, 3.8) is 0 Å². The van der Waals surface area contributed by atoms with Gasteiger partial charge in [0.15, 0.2) is 11.6 Å². The lowest BCUT2D eigenvalue weighted by Gasteiger charge is -2.24. The summed E-state index contributed by atoms with van der Waals surface area (Å²) in [6, 6.07) is 5.16. The highest BCUT2D eigenvalue weighted by Gasteiger charge is 2.23.